The Labute approximate surface area is 212 Å². The number of pyridine rings is 1. The molecule has 10 heteroatoms. The van der Waals surface area contributed by atoms with Gasteiger partial charge >= 0.3 is 6.01 Å². The van der Waals surface area contributed by atoms with Crippen LogP contribution in [0.2, 0.25) is 0 Å². The molecule has 1 aromatic carbocycles. The quantitative estimate of drug-likeness (QED) is 0.342. The Morgan fingerprint density at radius 2 is 1.97 bits per heavy atom. The van der Waals surface area contributed by atoms with Crippen LogP contribution >= 0.6 is 0 Å². The fourth-order valence-corrected chi connectivity index (χ4v) is 4.52. The zero-order valence-corrected chi connectivity index (χ0v) is 20.2. The minimum Gasteiger partial charge on any atom is -0.405 e. The molecule has 10 nitrogen and oxygen atoms in total. The number of aryl methyl sites for hydroxylation is 2. The largest absolute Gasteiger partial charge is 0.405 e. The number of amides is 1. The van der Waals surface area contributed by atoms with Crippen molar-refractivity contribution < 1.29 is 9.53 Å². The number of fused-ring (bicyclic) bond motifs is 2. The summed E-state index contributed by atoms with van der Waals surface area (Å²) >= 11 is 0. The normalized spacial score (nSPS) is 11.8. The third-order valence-corrected chi connectivity index (χ3v) is 6.18. The van der Waals surface area contributed by atoms with E-state index in [9.17, 15) is 4.79 Å². The number of anilines is 2. The van der Waals surface area contributed by atoms with Crippen LogP contribution in [-0.2, 0) is 18.4 Å². The zero-order valence-electron chi connectivity index (χ0n) is 20.2. The van der Waals surface area contributed by atoms with Gasteiger partial charge in [0.1, 0.15) is 17.8 Å². The minimum absolute atomic E-state index is 0.215. The van der Waals surface area contributed by atoms with Crippen LogP contribution in [0.5, 0.6) is 11.9 Å². The van der Waals surface area contributed by atoms with Crippen molar-refractivity contribution in [1.29, 1.82) is 0 Å². The number of carbonyl (C=O) groups excluding carboxylic acids is 1. The van der Waals surface area contributed by atoms with Gasteiger partial charge in [0, 0.05) is 41.8 Å². The van der Waals surface area contributed by atoms with Gasteiger partial charge in [-0.15, -0.1) is 0 Å². The summed E-state index contributed by atoms with van der Waals surface area (Å²) in [5, 5.41) is 7.06. The van der Waals surface area contributed by atoms with Gasteiger partial charge in [-0.1, -0.05) is 24.8 Å². The van der Waals surface area contributed by atoms with Gasteiger partial charge in [0.25, 0.3) is 0 Å². The molecule has 0 radical (unpaired) electrons. The lowest BCUT2D eigenvalue weighted by Crippen LogP contribution is -2.07. The minimum atomic E-state index is -0.264. The Kier molecular flexibility index (Phi) is 5.33. The number of ether oxygens (including phenoxy) is 1. The van der Waals surface area contributed by atoms with Gasteiger partial charge in [-0.25, -0.2) is 19.9 Å². The number of aromatic nitrogens is 6. The first-order chi connectivity index (χ1) is 18.0. The molecule has 37 heavy (non-hydrogen) atoms. The number of benzene rings is 1. The first-order valence-corrected chi connectivity index (χ1v) is 11.6. The number of hydrogen-bond acceptors (Lipinski definition) is 8. The van der Waals surface area contributed by atoms with E-state index in [1.807, 2.05) is 54.9 Å². The van der Waals surface area contributed by atoms with Crippen LogP contribution in [0, 0.1) is 6.92 Å². The smallest absolute Gasteiger partial charge is 0.323 e. The van der Waals surface area contributed by atoms with Crippen molar-refractivity contribution in [3.63, 3.8) is 0 Å². The third-order valence-electron chi connectivity index (χ3n) is 6.18. The second kappa shape index (κ2) is 8.83. The average molecular weight is 491 g/mol. The maximum Gasteiger partial charge on any atom is 0.323 e. The summed E-state index contributed by atoms with van der Waals surface area (Å²) in [4.78, 5) is 34.4. The molecule has 0 fully saturated rings. The standard InChI is InChI=1S/C27H22N8O2/c1-4-20(36)33-17-10-8-16(9-11-17)24-22-18-12-29-27(37-21-7-5-6-15(2)32-21)34-19(18)13-28-25-23(22)26(35(24)3)31-14-30-25/h4-12,14H,1,13H2,2-3H3,(H,33,36)(H,28,30,31). The van der Waals surface area contributed by atoms with Gasteiger partial charge < -0.3 is 19.9 Å². The molecule has 0 bridgehead atoms. The van der Waals surface area contributed by atoms with E-state index in [2.05, 4.69) is 37.1 Å². The van der Waals surface area contributed by atoms with E-state index in [1.54, 1.807) is 18.6 Å². The molecule has 0 atom stereocenters. The third kappa shape index (κ3) is 3.94. The van der Waals surface area contributed by atoms with Crippen molar-refractivity contribution in [3.8, 4) is 34.3 Å². The van der Waals surface area contributed by atoms with Gasteiger partial charge in [-0.05, 0) is 36.8 Å². The molecule has 0 unspecified atom stereocenters. The van der Waals surface area contributed by atoms with Crippen molar-refractivity contribution in [2.24, 2.45) is 7.05 Å². The molecule has 1 amide bonds. The topological polar surface area (TPSA) is 120 Å². The Morgan fingerprint density at radius 3 is 2.76 bits per heavy atom. The summed E-state index contributed by atoms with van der Waals surface area (Å²) in [6.07, 6.45) is 4.56. The molecular weight excluding hydrogens is 468 g/mol. The number of rotatable bonds is 5. The second-order valence-electron chi connectivity index (χ2n) is 8.56. The summed E-state index contributed by atoms with van der Waals surface area (Å²) in [6.45, 7) is 5.83. The second-order valence-corrected chi connectivity index (χ2v) is 8.56. The molecule has 6 rings (SSSR count). The van der Waals surface area contributed by atoms with E-state index < -0.39 is 0 Å². The Bertz CT molecular complexity index is 1690. The van der Waals surface area contributed by atoms with Crippen LogP contribution in [-0.4, -0.2) is 35.4 Å². The summed E-state index contributed by atoms with van der Waals surface area (Å²) in [6, 6.07) is 13.4. The molecular formula is C27H22N8O2. The lowest BCUT2D eigenvalue weighted by Gasteiger charge is -2.12. The van der Waals surface area contributed by atoms with Gasteiger partial charge in [-0.2, -0.15) is 4.98 Å². The predicted octanol–water partition coefficient (Wildman–Crippen LogP) is 4.64. The zero-order chi connectivity index (χ0) is 25.5. The van der Waals surface area contributed by atoms with E-state index in [0.29, 0.717) is 18.1 Å². The van der Waals surface area contributed by atoms with Crippen molar-refractivity contribution in [2.75, 3.05) is 10.6 Å². The van der Waals surface area contributed by atoms with Crippen LogP contribution in [0.25, 0.3) is 33.4 Å². The highest BCUT2D eigenvalue weighted by Crippen LogP contribution is 2.45. The fourth-order valence-electron chi connectivity index (χ4n) is 4.52. The van der Waals surface area contributed by atoms with Crippen LogP contribution in [0.15, 0.2) is 67.6 Å². The molecule has 182 valence electrons. The lowest BCUT2D eigenvalue weighted by molar-refractivity contribution is -0.111. The number of nitrogens with one attached hydrogen (secondary N) is 2. The van der Waals surface area contributed by atoms with Crippen molar-refractivity contribution >= 4 is 28.4 Å². The molecule has 0 saturated carbocycles. The van der Waals surface area contributed by atoms with Crippen LogP contribution in [0.4, 0.5) is 11.5 Å². The molecule has 0 spiro atoms. The first kappa shape index (κ1) is 22.4. The number of nitrogens with zero attached hydrogens (tertiary/aromatic N) is 6. The number of carbonyl (C=O) groups is 1. The molecule has 1 aliphatic rings. The van der Waals surface area contributed by atoms with E-state index in [1.165, 1.54) is 6.08 Å². The highest BCUT2D eigenvalue weighted by Gasteiger charge is 2.27. The molecule has 4 aromatic heterocycles. The summed E-state index contributed by atoms with van der Waals surface area (Å²) in [7, 11) is 1.97. The molecule has 0 aliphatic carbocycles. The Hall–Kier alpha value is -5.12. The molecule has 0 saturated heterocycles. The molecule has 2 N–H and O–H groups in total. The van der Waals surface area contributed by atoms with Gasteiger partial charge in [0.05, 0.1) is 23.3 Å². The summed E-state index contributed by atoms with van der Waals surface area (Å²) in [5.74, 6) is 0.888. The molecule has 5 heterocycles. The SMILES string of the molecule is C=CC(=O)Nc1ccc(-c2c3c4c(ncnc4n2C)NCc2nc(Oc4cccc(C)n4)ncc2-3)cc1. The highest BCUT2D eigenvalue weighted by molar-refractivity contribution is 6.09. The maximum absolute atomic E-state index is 11.7. The number of hydrogen-bond donors (Lipinski definition) is 2. The van der Waals surface area contributed by atoms with E-state index in [-0.39, 0.29) is 11.9 Å². The van der Waals surface area contributed by atoms with E-state index in [4.69, 9.17) is 9.72 Å². The Balaban J connectivity index is 1.48. The van der Waals surface area contributed by atoms with Crippen LogP contribution < -0.4 is 15.4 Å². The van der Waals surface area contributed by atoms with Crippen LogP contribution in [0.1, 0.15) is 11.4 Å². The lowest BCUT2D eigenvalue weighted by atomic mass is 9.99. The van der Waals surface area contributed by atoms with Crippen molar-refractivity contribution in [2.45, 2.75) is 13.5 Å². The summed E-state index contributed by atoms with van der Waals surface area (Å²) in [5.41, 5.74) is 6.72. The van der Waals surface area contributed by atoms with E-state index in [0.717, 1.165) is 50.6 Å². The van der Waals surface area contributed by atoms with Gasteiger partial charge in [0.2, 0.25) is 11.8 Å². The van der Waals surface area contributed by atoms with Gasteiger partial charge in [-0.3, -0.25) is 4.79 Å². The van der Waals surface area contributed by atoms with Crippen molar-refractivity contribution in [1.82, 2.24) is 29.5 Å². The van der Waals surface area contributed by atoms with Gasteiger partial charge in [0.15, 0.2) is 0 Å². The van der Waals surface area contributed by atoms with Crippen molar-refractivity contribution in [3.05, 3.63) is 79.0 Å². The molecule has 1 aliphatic heterocycles. The summed E-state index contributed by atoms with van der Waals surface area (Å²) < 4.78 is 7.89. The fraction of sp³-hybridized carbons (Fsp3) is 0.111. The monoisotopic (exact) mass is 490 g/mol. The van der Waals surface area contributed by atoms with Crippen LogP contribution in [0.3, 0.4) is 0 Å². The predicted molar refractivity (Wildman–Crippen MR) is 140 cm³/mol. The highest BCUT2D eigenvalue weighted by atomic mass is 16.5. The average Bonchev–Trinajstić information content (AvgIpc) is 3.10. The first-order valence-electron chi connectivity index (χ1n) is 11.6. The molecule has 5 aromatic rings. The van der Waals surface area contributed by atoms with E-state index >= 15 is 0 Å². The Morgan fingerprint density at radius 1 is 1.14 bits per heavy atom. The maximum atomic E-state index is 11.7.